The molecule has 0 unspecified atom stereocenters. The summed E-state index contributed by atoms with van der Waals surface area (Å²) in [5.74, 6) is 0.508. The molecule has 8 heteroatoms. The fourth-order valence-electron chi connectivity index (χ4n) is 3.48. The zero-order valence-electron chi connectivity index (χ0n) is 13.5. The number of thiophene rings is 1. The van der Waals surface area contributed by atoms with Crippen LogP contribution in [0.4, 0.5) is 10.7 Å². The van der Waals surface area contributed by atoms with Crippen molar-refractivity contribution in [3.63, 3.8) is 0 Å². The van der Waals surface area contributed by atoms with Crippen LogP contribution in [0.5, 0.6) is 0 Å². The molecule has 2 N–H and O–H groups in total. The Kier molecular flexibility index (Phi) is 3.92. The molecule has 1 aliphatic heterocycles. The van der Waals surface area contributed by atoms with E-state index in [2.05, 4.69) is 17.6 Å². The van der Waals surface area contributed by atoms with Gasteiger partial charge in [0.1, 0.15) is 16.2 Å². The second-order valence-electron chi connectivity index (χ2n) is 6.57. The molecule has 130 valence electrons. The van der Waals surface area contributed by atoms with Crippen LogP contribution in [-0.4, -0.2) is 10.8 Å². The number of benzene rings is 1. The first kappa shape index (κ1) is 16.4. The molecule has 0 fully saturated rings. The maximum Gasteiger partial charge on any atom is 0.288 e. The van der Waals surface area contributed by atoms with Crippen molar-refractivity contribution in [2.45, 2.75) is 32.4 Å². The number of carbonyl (C=O) groups excluding carboxylic acids is 1. The zero-order valence-corrected chi connectivity index (χ0v) is 15.0. The lowest BCUT2D eigenvalue weighted by molar-refractivity contribution is -0.384. The molecule has 1 amide bonds. The summed E-state index contributed by atoms with van der Waals surface area (Å²) in [6.45, 7) is 2.23. The van der Waals surface area contributed by atoms with Crippen LogP contribution in [0.15, 0.2) is 18.2 Å². The molecule has 6 nitrogen and oxygen atoms in total. The summed E-state index contributed by atoms with van der Waals surface area (Å²) in [7, 11) is 0. The molecule has 2 heterocycles. The van der Waals surface area contributed by atoms with Gasteiger partial charge in [0.05, 0.1) is 10.5 Å². The summed E-state index contributed by atoms with van der Waals surface area (Å²) in [5, 5.41) is 18.3. The number of carbonyl (C=O) groups is 1. The third-order valence-electron chi connectivity index (χ3n) is 4.79. The van der Waals surface area contributed by atoms with E-state index in [1.54, 1.807) is 17.4 Å². The highest BCUT2D eigenvalue weighted by atomic mass is 35.5. The van der Waals surface area contributed by atoms with E-state index in [-0.39, 0.29) is 16.6 Å². The minimum atomic E-state index is -0.521. The van der Waals surface area contributed by atoms with Crippen molar-refractivity contribution >= 4 is 39.5 Å². The molecule has 1 aromatic carbocycles. The summed E-state index contributed by atoms with van der Waals surface area (Å²) in [4.78, 5) is 24.5. The molecule has 25 heavy (non-hydrogen) atoms. The van der Waals surface area contributed by atoms with Gasteiger partial charge >= 0.3 is 0 Å². The van der Waals surface area contributed by atoms with Crippen LogP contribution >= 0.6 is 22.9 Å². The maximum atomic E-state index is 12.7. The number of fused-ring (bicyclic) bond motifs is 3. The molecule has 2 aromatic rings. The Hall–Kier alpha value is -2.12. The van der Waals surface area contributed by atoms with E-state index in [0.29, 0.717) is 11.5 Å². The second-order valence-corrected chi connectivity index (χ2v) is 8.09. The van der Waals surface area contributed by atoms with Crippen molar-refractivity contribution in [1.29, 1.82) is 0 Å². The highest BCUT2D eigenvalue weighted by Gasteiger charge is 2.33. The highest BCUT2D eigenvalue weighted by Crippen LogP contribution is 2.42. The minimum Gasteiger partial charge on any atom is -0.353 e. The number of nitro groups is 1. The number of hydrogen-bond acceptors (Lipinski definition) is 5. The van der Waals surface area contributed by atoms with E-state index in [1.165, 1.54) is 17.0 Å². The molecular formula is C17H16ClN3O3S. The Morgan fingerprint density at radius 3 is 2.92 bits per heavy atom. The van der Waals surface area contributed by atoms with Gasteiger partial charge in [-0.15, -0.1) is 11.3 Å². The largest absolute Gasteiger partial charge is 0.353 e. The van der Waals surface area contributed by atoms with Crippen molar-refractivity contribution in [1.82, 2.24) is 5.32 Å². The number of amides is 1. The van der Waals surface area contributed by atoms with Crippen molar-refractivity contribution in [2.24, 2.45) is 5.92 Å². The number of anilines is 1. The van der Waals surface area contributed by atoms with Gasteiger partial charge in [0.25, 0.3) is 11.6 Å². The summed E-state index contributed by atoms with van der Waals surface area (Å²) in [6, 6.07) is 4.58. The number of nitrogens with zero attached hydrogens (tertiary/aromatic N) is 1. The average molecular weight is 378 g/mol. The summed E-state index contributed by atoms with van der Waals surface area (Å²) < 4.78 is 0. The lowest BCUT2D eigenvalue weighted by Crippen LogP contribution is -2.38. The monoisotopic (exact) mass is 377 g/mol. The van der Waals surface area contributed by atoms with Crippen molar-refractivity contribution in [3.05, 3.63) is 54.9 Å². The minimum absolute atomic E-state index is 0.0807. The summed E-state index contributed by atoms with van der Waals surface area (Å²) in [6.07, 6.45) is 2.51. The van der Waals surface area contributed by atoms with E-state index in [0.717, 1.165) is 35.4 Å². The number of nitrogens with one attached hydrogen (secondary N) is 2. The van der Waals surface area contributed by atoms with E-state index in [1.807, 2.05) is 0 Å². The van der Waals surface area contributed by atoms with Crippen LogP contribution in [0.3, 0.4) is 0 Å². The average Bonchev–Trinajstić information content (AvgIpc) is 2.92. The topological polar surface area (TPSA) is 84.3 Å². The Morgan fingerprint density at radius 1 is 1.36 bits per heavy atom. The molecule has 0 spiro atoms. The SMILES string of the molecule is C[C@@H]1CCc2c(sc3c2C(=O)N[C@H](c2ccc(Cl)c([N+](=O)[O-])c2)N3)C1. The Balaban J connectivity index is 1.69. The standard InChI is InChI=1S/C17H16ClN3O3S/c1-8-2-4-10-13(6-8)25-17-14(10)16(22)19-15(20-17)9-3-5-11(18)12(7-9)21(23)24/h3,5,7-8,15,20H,2,4,6H2,1H3,(H,19,22)/t8-,15+/m1/s1. The lowest BCUT2D eigenvalue weighted by atomic mass is 9.88. The highest BCUT2D eigenvalue weighted by molar-refractivity contribution is 7.16. The first-order valence-corrected chi connectivity index (χ1v) is 9.29. The van der Waals surface area contributed by atoms with Crippen LogP contribution in [0, 0.1) is 16.0 Å². The van der Waals surface area contributed by atoms with Gasteiger partial charge in [-0.05, 0) is 36.8 Å². The van der Waals surface area contributed by atoms with Crippen LogP contribution in [0.25, 0.3) is 0 Å². The summed E-state index contributed by atoms with van der Waals surface area (Å²) in [5.41, 5.74) is 2.34. The van der Waals surface area contributed by atoms with Gasteiger partial charge < -0.3 is 10.6 Å². The molecule has 0 radical (unpaired) electrons. The predicted molar refractivity (Wildman–Crippen MR) is 97.4 cm³/mol. The lowest BCUT2D eigenvalue weighted by Gasteiger charge is -2.27. The molecule has 0 saturated carbocycles. The van der Waals surface area contributed by atoms with Crippen LogP contribution in [0.1, 0.15) is 45.9 Å². The van der Waals surface area contributed by atoms with Gasteiger partial charge in [-0.3, -0.25) is 14.9 Å². The molecule has 0 saturated heterocycles. The van der Waals surface area contributed by atoms with Crippen molar-refractivity contribution in [3.8, 4) is 0 Å². The van der Waals surface area contributed by atoms with E-state index < -0.39 is 11.1 Å². The van der Waals surface area contributed by atoms with Gasteiger partial charge in [-0.2, -0.15) is 0 Å². The Morgan fingerprint density at radius 2 is 2.16 bits per heavy atom. The van der Waals surface area contributed by atoms with E-state index in [9.17, 15) is 14.9 Å². The molecular weight excluding hydrogens is 362 g/mol. The number of nitro benzene ring substituents is 1. The Bertz CT molecular complexity index is 896. The number of hydrogen-bond donors (Lipinski definition) is 2. The quantitative estimate of drug-likeness (QED) is 0.604. The van der Waals surface area contributed by atoms with Crippen LogP contribution in [-0.2, 0) is 12.8 Å². The van der Waals surface area contributed by atoms with E-state index in [4.69, 9.17) is 11.6 Å². The van der Waals surface area contributed by atoms with Gasteiger partial charge in [-0.25, -0.2) is 0 Å². The first-order valence-electron chi connectivity index (χ1n) is 8.10. The van der Waals surface area contributed by atoms with Crippen LogP contribution in [0.2, 0.25) is 5.02 Å². The van der Waals surface area contributed by atoms with Gasteiger partial charge in [0, 0.05) is 16.5 Å². The van der Waals surface area contributed by atoms with Crippen molar-refractivity contribution < 1.29 is 9.72 Å². The smallest absolute Gasteiger partial charge is 0.288 e. The molecule has 2 atom stereocenters. The molecule has 4 rings (SSSR count). The fourth-order valence-corrected chi connectivity index (χ4v) is 5.10. The fraction of sp³-hybridized carbons (Fsp3) is 0.353. The molecule has 2 aliphatic rings. The predicted octanol–water partition coefficient (Wildman–Crippen LogP) is 4.29. The first-order chi connectivity index (χ1) is 11.9. The van der Waals surface area contributed by atoms with E-state index >= 15 is 0 Å². The normalized spacial score (nSPS) is 21.8. The number of rotatable bonds is 2. The maximum absolute atomic E-state index is 12.7. The molecule has 1 aromatic heterocycles. The third-order valence-corrected chi connectivity index (χ3v) is 6.30. The Labute approximate surface area is 153 Å². The second kappa shape index (κ2) is 6.00. The molecule has 0 bridgehead atoms. The molecule has 1 aliphatic carbocycles. The number of halogens is 1. The van der Waals surface area contributed by atoms with Crippen molar-refractivity contribution in [2.75, 3.05) is 5.32 Å². The van der Waals surface area contributed by atoms with Gasteiger partial charge in [0.2, 0.25) is 0 Å². The zero-order chi connectivity index (χ0) is 17.7. The summed E-state index contributed by atoms with van der Waals surface area (Å²) >= 11 is 7.50. The van der Waals surface area contributed by atoms with Gasteiger partial charge in [0.15, 0.2) is 0 Å². The van der Waals surface area contributed by atoms with Crippen LogP contribution < -0.4 is 10.6 Å². The van der Waals surface area contributed by atoms with Gasteiger partial charge in [-0.1, -0.05) is 24.6 Å². The third kappa shape index (κ3) is 2.77.